The van der Waals surface area contributed by atoms with Crippen LogP contribution < -0.4 is 10.1 Å². The number of nitrogens with zero attached hydrogens (tertiary/aromatic N) is 1. The normalized spacial score (nSPS) is 24.1. The third-order valence-electron chi connectivity index (χ3n) is 4.55. The van der Waals surface area contributed by atoms with Gasteiger partial charge in [-0.1, -0.05) is 25.1 Å². The Labute approximate surface area is 123 Å². The summed E-state index contributed by atoms with van der Waals surface area (Å²) in [6, 6.07) is 8.85. The fourth-order valence-corrected chi connectivity index (χ4v) is 3.11. The molecule has 112 valence electrons. The van der Waals surface area contributed by atoms with Crippen LogP contribution in [0.25, 0.3) is 0 Å². The molecule has 1 aromatic rings. The predicted molar refractivity (Wildman–Crippen MR) is 84.4 cm³/mol. The Kier molecular flexibility index (Phi) is 5.06. The molecule has 1 heterocycles. The Bertz CT molecular complexity index is 427. The van der Waals surface area contributed by atoms with Gasteiger partial charge in [-0.2, -0.15) is 0 Å². The van der Waals surface area contributed by atoms with Crippen LogP contribution in [0.2, 0.25) is 0 Å². The van der Waals surface area contributed by atoms with Crippen LogP contribution in [0.15, 0.2) is 24.3 Å². The molecule has 1 saturated heterocycles. The van der Waals surface area contributed by atoms with Crippen molar-refractivity contribution in [3.05, 3.63) is 29.8 Å². The first-order chi connectivity index (χ1) is 9.54. The lowest BCUT2D eigenvalue weighted by atomic mass is 9.88. The summed E-state index contributed by atoms with van der Waals surface area (Å²) >= 11 is 0. The lowest BCUT2D eigenvalue weighted by molar-refractivity contribution is 0.167. The van der Waals surface area contributed by atoms with Crippen molar-refractivity contribution in [1.29, 1.82) is 0 Å². The van der Waals surface area contributed by atoms with Crippen LogP contribution in [-0.2, 0) is 6.42 Å². The zero-order valence-electron chi connectivity index (χ0n) is 13.3. The molecule has 0 spiro atoms. The average molecular weight is 276 g/mol. The number of methoxy groups -OCH3 is 1. The van der Waals surface area contributed by atoms with Gasteiger partial charge in [0.15, 0.2) is 0 Å². The van der Waals surface area contributed by atoms with Crippen LogP contribution >= 0.6 is 0 Å². The predicted octanol–water partition coefficient (Wildman–Crippen LogP) is 2.56. The summed E-state index contributed by atoms with van der Waals surface area (Å²) in [5.41, 5.74) is 1.72. The molecular formula is C17H28N2O. The van der Waals surface area contributed by atoms with Crippen LogP contribution in [0.3, 0.4) is 0 Å². The first-order valence-corrected chi connectivity index (χ1v) is 7.57. The third-order valence-corrected chi connectivity index (χ3v) is 4.55. The third kappa shape index (κ3) is 3.74. The van der Waals surface area contributed by atoms with Crippen molar-refractivity contribution in [1.82, 2.24) is 10.2 Å². The minimum Gasteiger partial charge on any atom is -0.496 e. The van der Waals surface area contributed by atoms with E-state index in [9.17, 15) is 0 Å². The second-order valence-corrected chi connectivity index (χ2v) is 6.52. The molecule has 1 aromatic carbocycles. The van der Waals surface area contributed by atoms with Gasteiger partial charge in [0.05, 0.1) is 7.11 Å². The highest BCUT2D eigenvalue weighted by atomic mass is 16.5. The van der Waals surface area contributed by atoms with E-state index in [-0.39, 0.29) is 0 Å². The maximum atomic E-state index is 5.45. The molecule has 0 saturated carbocycles. The van der Waals surface area contributed by atoms with Gasteiger partial charge < -0.3 is 15.0 Å². The number of likely N-dealkylation sites (N-methyl/N-ethyl adjacent to an activating group) is 1. The highest BCUT2D eigenvalue weighted by molar-refractivity contribution is 5.33. The van der Waals surface area contributed by atoms with Crippen LogP contribution in [0.4, 0.5) is 0 Å². The van der Waals surface area contributed by atoms with Crippen LogP contribution in [0.1, 0.15) is 25.8 Å². The lowest BCUT2D eigenvalue weighted by Crippen LogP contribution is -2.40. The van der Waals surface area contributed by atoms with Gasteiger partial charge in [-0.15, -0.1) is 0 Å². The Hall–Kier alpha value is -1.06. The summed E-state index contributed by atoms with van der Waals surface area (Å²) < 4.78 is 5.45. The van der Waals surface area contributed by atoms with E-state index < -0.39 is 0 Å². The van der Waals surface area contributed by atoms with Crippen molar-refractivity contribution in [2.75, 3.05) is 33.8 Å². The maximum absolute atomic E-state index is 5.45. The average Bonchev–Trinajstić information content (AvgIpc) is 2.85. The highest BCUT2D eigenvalue weighted by Gasteiger charge is 2.30. The highest BCUT2D eigenvalue weighted by Crippen LogP contribution is 2.27. The van der Waals surface area contributed by atoms with Crippen molar-refractivity contribution >= 4 is 0 Å². The molecule has 0 bridgehead atoms. The molecule has 3 nitrogen and oxygen atoms in total. The maximum Gasteiger partial charge on any atom is 0.122 e. The monoisotopic (exact) mass is 276 g/mol. The summed E-state index contributed by atoms with van der Waals surface area (Å²) in [6.45, 7) is 8.14. The fraction of sp³-hybridized carbons (Fsp3) is 0.647. The Morgan fingerprint density at radius 3 is 2.80 bits per heavy atom. The largest absolute Gasteiger partial charge is 0.496 e. The zero-order chi connectivity index (χ0) is 14.6. The van der Waals surface area contributed by atoms with E-state index in [0.29, 0.717) is 11.5 Å². The molecule has 2 unspecified atom stereocenters. The number of benzene rings is 1. The van der Waals surface area contributed by atoms with Gasteiger partial charge in [-0.25, -0.2) is 0 Å². The molecule has 0 radical (unpaired) electrons. The fourth-order valence-electron chi connectivity index (χ4n) is 3.11. The molecule has 1 aliphatic heterocycles. The van der Waals surface area contributed by atoms with E-state index in [2.05, 4.69) is 43.2 Å². The summed E-state index contributed by atoms with van der Waals surface area (Å²) in [7, 11) is 3.99. The molecule has 2 rings (SSSR count). The van der Waals surface area contributed by atoms with Gasteiger partial charge in [0.25, 0.3) is 0 Å². The molecule has 3 heteroatoms. The van der Waals surface area contributed by atoms with Gasteiger partial charge in [0.2, 0.25) is 0 Å². The number of nitrogens with one attached hydrogen (secondary N) is 1. The van der Waals surface area contributed by atoms with Gasteiger partial charge in [0.1, 0.15) is 5.75 Å². The Morgan fingerprint density at radius 1 is 1.40 bits per heavy atom. The molecule has 0 amide bonds. The van der Waals surface area contributed by atoms with E-state index in [4.69, 9.17) is 4.74 Å². The van der Waals surface area contributed by atoms with E-state index in [1.54, 1.807) is 7.11 Å². The van der Waals surface area contributed by atoms with Gasteiger partial charge in [-0.3, -0.25) is 0 Å². The molecule has 1 fully saturated rings. The number of ether oxygens (including phenoxy) is 1. The topological polar surface area (TPSA) is 24.5 Å². The second kappa shape index (κ2) is 6.59. The quantitative estimate of drug-likeness (QED) is 0.864. The minimum absolute atomic E-state index is 0.420. The number of hydrogen-bond acceptors (Lipinski definition) is 3. The van der Waals surface area contributed by atoms with Crippen LogP contribution in [-0.4, -0.2) is 44.7 Å². The SMILES string of the molecule is COc1ccccc1CC(C)N(C)CC1(C)CCNC1. The van der Waals surface area contributed by atoms with E-state index in [0.717, 1.165) is 31.8 Å². The summed E-state index contributed by atoms with van der Waals surface area (Å²) in [5.74, 6) is 1.00. The zero-order valence-corrected chi connectivity index (χ0v) is 13.3. The summed E-state index contributed by atoms with van der Waals surface area (Å²) in [5, 5.41) is 3.48. The number of para-hydroxylation sites is 1. The Balaban J connectivity index is 1.95. The second-order valence-electron chi connectivity index (χ2n) is 6.52. The number of hydrogen-bond donors (Lipinski definition) is 1. The van der Waals surface area contributed by atoms with Gasteiger partial charge in [0, 0.05) is 19.1 Å². The standard InChI is InChI=1S/C17H28N2O/c1-14(11-15-7-5-6-8-16(15)20-4)19(3)13-17(2)9-10-18-12-17/h5-8,14,18H,9-13H2,1-4H3. The van der Waals surface area contributed by atoms with E-state index in [1.165, 1.54) is 12.0 Å². The van der Waals surface area contributed by atoms with Crippen molar-refractivity contribution in [2.45, 2.75) is 32.7 Å². The molecule has 1 aliphatic rings. The van der Waals surface area contributed by atoms with Gasteiger partial charge in [-0.05, 0) is 50.4 Å². The van der Waals surface area contributed by atoms with Crippen molar-refractivity contribution in [3.63, 3.8) is 0 Å². The van der Waals surface area contributed by atoms with E-state index in [1.807, 2.05) is 12.1 Å². The number of rotatable bonds is 6. The smallest absolute Gasteiger partial charge is 0.122 e. The molecule has 2 atom stereocenters. The van der Waals surface area contributed by atoms with Crippen molar-refractivity contribution < 1.29 is 4.74 Å². The summed E-state index contributed by atoms with van der Waals surface area (Å²) in [6.07, 6.45) is 2.31. The first kappa shape index (κ1) is 15.3. The Morgan fingerprint density at radius 2 is 2.15 bits per heavy atom. The summed E-state index contributed by atoms with van der Waals surface area (Å²) in [4.78, 5) is 2.49. The van der Waals surface area contributed by atoms with Crippen LogP contribution in [0.5, 0.6) is 5.75 Å². The molecule has 20 heavy (non-hydrogen) atoms. The van der Waals surface area contributed by atoms with Crippen LogP contribution in [0, 0.1) is 5.41 Å². The van der Waals surface area contributed by atoms with Crippen molar-refractivity contribution in [2.24, 2.45) is 5.41 Å². The van der Waals surface area contributed by atoms with Gasteiger partial charge >= 0.3 is 0 Å². The van der Waals surface area contributed by atoms with Crippen molar-refractivity contribution in [3.8, 4) is 5.75 Å². The molecule has 0 aromatic heterocycles. The lowest BCUT2D eigenvalue weighted by Gasteiger charge is -2.33. The first-order valence-electron chi connectivity index (χ1n) is 7.57. The molecule has 0 aliphatic carbocycles. The minimum atomic E-state index is 0.420. The molecular weight excluding hydrogens is 248 g/mol. The van der Waals surface area contributed by atoms with E-state index >= 15 is 0 Å². The molecule has 1 N–H and O–H groups in total.